The molecule has 0 bridgehead atoms. The van der Waals surface area contributed by atoms with Gasteiger partial charge in [-0.25, -0.2) is 9.97 Å². The van der Waals surface area contributed by atoms with E-state index in [-0.39, 0.29) is 5.41 Å². The molecule has 1 aromatic heterocycles. The highest BCUT2D eigenvalue weighted by molar-refractivity contribution is 5.63. The molecule has 0 spiro atoms. The third kappa shape index (κ3) is 4.20. The Balaban J connectivity index is 2.23. The van der Waals surface area contributed by atoms with Gasteiger partial charge in [-0.05, 0) is 30.4 Å². The minimum absolute atomic E-state index is 0.0778. The predicted octanol–water partition coefficient (Wildman–Crippen LogP) is 4.73. The number of nitrogens with one attached hydrogen (secondary N) is 2. The van der Waals surface area contributed by atoms with Gasteiger partial charge in [0.2, 0.25) is 0 Å². The molecule has 4 nitrogen and oxygen atoms in total. The van der Waals surface area contributed by atoms with Crippen molar-refractivity contribution in [1.82, 2.24) is 9.97 Å². The van der Waals surface area contributed by atoms with E-state index in [2.05, 4.69) is 73.4 Å². The predicted molar refractivity (Wildman–Crippen MR) is 93.8 cm³/mol. The van der Waals surface area contributed by atoms with Crippen molar-refractivity contribution in [3.63, 3.8) is 0 Å². The molecule has 4 heteroatoms. The van der Waals surface area contributed by atoms with E-state index >= 15 is 0 Å². The van der Waals surface area contributed by atoms with Crippen molar-refractivity contribution in [3.05, 3.63) is 42.2 Å². The van der Waals surface area contributed by atoms with Crippen LogP contribution in [0.4, 0.5) is 17.3 Å². The van der Waals surface area contributed by atoms with Crippen LogP contribution >= 0.6 is 0 Å². The van der Waals surface area contributed by atoms with Crippen molar-refractivity contribution in [2.75, 3.05) is 10.6 Å². The molecule has 0 saturated carbocycles. The molecule has 0 saturated heterocycles. The molecule has 0 aliphatic heterocycles. The molecular weight excluding hydrogens is 272 g/mol. The number of benzene rings is 1. The van der Waals surface area contributed by atoms with Crippen molar-refractivity contribution < 1.29 is 0 Å². The van der Waals surface area contributed by atoms with Crippen LogP contribution in [0.5, 0.6) is 0 Å². The van der Waals surface area contributed by atoms with Crippen LogP contribution in [0.1, 0.15) is 46.6 Å². The van der Waals surface area contributed by atoms with Gasteiger partial charge >= 0.3 is 0 Å². The molecule has 0 fully saturated rings. The Kier molecular flexibility index (Phi) is 5.01. The summed E-state index contributed by atoms with van der Waals surface area (Å²) in [7, 11) is 0. The molecule has 118 valence electrons. The Hall–Kier alpha value is -2.10. The van der Waals surface area contributed by atoms with Gasteiger partial charge in [-0.2, -0.15) is 0 Å². The van der Waals surface area contributed by atoms with Crippen molar-refractivity contribution in [2.45, 2.75) is 52.5 Å². The molecule has 22 heavy (non-hydrogen) atoms. The molecular formula is C18H26N4. The summed E-state index contributed by atoms with van der Waals surface area (Å²) in [6, 6.07) is 10.7. The number of rotatable bonds is 5. The van der Waals surface area contributed by atoms with Crippen LogP contribution in [0.2, 0.25) is 0 Å². The zero-order valence-electron chi connectivity index (χ0n) is 14.1. The first-order valence-corrected chi connectivity index (χ1v) is 7.85. The Morgan fingerprint density at radius 1 is 1.09 bits per heavy atom. The lowest BCUT2D eigenvalue weighted by atomic mass is 9.86. The van der Waals surface area contributed by atoms with Crippen LogP contribution in [0.15, 0.2) is 36.7 Å². The van der Waals surface area contributed by atoms with Crippen molar-refractivity contribution >= 4 is 17.3 Å². The van der Waals surface area contributed by atoms with Gasteiger partial charge in [0, 0.05) is 17.8 Å². The van der Waals surface area contributed by atoms with E-state index in [1.807, 2.05) is 12.1 Å². The third-order valence-electron chi connectivity index (χ3n) is 3.67. The van der Waals surface area contributed by atoms with Crippen LogP contribution in [0.25, 0.3) is 0 Å². The monoisotopic (exact) mass is 298 g/mol. The molecule has 0 aliphatic carbocycles. The number of anilines is 3. The van der Waals surface area contributed by atoms with Gasteiger partial charge in [-0.1, -0.05) is 45.9 Å². The zero-order valence-corrected chi connectivity index (χ0v) is 14.1. The Morgan fingerprint density at radius 2 is 1.77 bits per heavy atom. The number of nitrogens with zero attached hydrogens (tertiary/aromatic N) is 2. The standard InChI is InChI=1S/C18H26N4/c1-6-13(2)21-16-11-17(20-12-19-16)22-15-10-8-7-9-14(15)18(3,4)5/h7-13H,6H2,1-5H3,(H2,19,20,21,22). The fourth-order valence-electron chi connectivity index (χ4n) is 2.24. The average molecular weight is 298 g/mol. The van der Waals surface area contributed by atoms with E-state index in [4.69, 9.17) is 0 Å². The SMILES string of the molecule is CCC(C)Nc1cc(Nc2ccccc2C(C)(C)C)ncn1. The maximum Gasteiger partial charge on any atom is 0.135 e. The Labute approximate surface area is 133 Å². The molecule has 2 rings (SSSR count). The lowest BCUT2D eigenvalue weighted by molar-refractivity contribution is 0.592. The molecule has 0 aliphatic rings. The second-order valence-corrected chi connectivity index (χ2v) is 6.66. The van der Waals surface area contributed by atoms with Crippen LogP contribution in [0, 0.1) is 0 Å². The summed E-state index contributed by atoms with van der Waals surface area (Å²) < 4.78 is 0. The highest BCUT2D eigenvalue weighted by Crippen LogP contribution is 2.31. The summed E-state index contributed by atoms with van der Waals surface area (Å²) in [6.45, 7) is 10.9. The minimum Gasteiger partial charge on any atom is -0.367 e. The Bertz CT molecular complexity index is 616. The highest BCUT2D eigenvalue weighted by Gasteiger charge is 2.17. The first-order valence-electron chi connectivity index (χ1n) is 7.85. The highest BCUT2D eigenvalue weighted by atomic mass is 15.1. The maximum absolute atomic E-state index is 4.33. The fourth-order valence-corrected chi connectivity index (χ4v) is 2.24. The van der Waals surface area contributed by atoms with Gasteiger partial charge in [0.25, 0.3) is 0 Å². The van der Waals surface area contributed by atoms with Gasteiger partial charge in [-0.3, -0.25) is 0 Å². The number of para-hydroxylation sites is 1. The molecule has 0 amide bonds. The lowest BCUT2D eigenvalue weighted by Crippen LogP contribution is -2.15. The third-order valence-corrected chi connectivity index (χ3v) is 3.67. The van der Waals surface area contributed by atoms with E-state index in [1.165, 1.54) is 5.56 Å². The summed E-state index contributed by atoms with van der Waals surface area (Å²) in [6.07, 6.45) is 2.65. The molecule has 1 unspecified atom stereocenters. The topological polar surface area (TPSA) is 49.8 Å². The van der Waals surface area contributed by atoms with Crippen LogP contribution in [0.3, 0.4) is 0 Å². The molecule has 2 aromatic rings. The maximum atomic E-state index is 4.33. The fraction of sp³-hybridized carbons (Fsp3) is 0.444. The van der Waals surface area contributed by atoms with E-state index in [9.17, 15) is 0 Å². The molecule has 1 heterocycles. The molecule has 1 atom stereocenters. The van der Waals surface area contributed by atoms with Crippen molar-refractivity contribution in [2.24, 2.45) is 0 Å². The van der Waals surface area contributed by atoms with Gasteiger partial charge in [0.05, 0.1) is 0 Å². The quantitative estimate of drug-likeness (QED) is 0.838. The van der Waals surface area contributed by atoms with Crippen LogP contribution in [-0.4, -0.2) is 16.0 Å². The summed E-state index contributed by atoms with van der Waals surface area (Å²) >= 11 is 0. The van der Waals surface area contributed by atoms with Gasteiger partial charge in [0.15, 0.2) is 0 Å². The van der Waals surface area contributed by atoms with Crippen molar-refractivity contribution in [1.29, 1.82) is 0 Å². The first-order chi connectivity index (χ1) is 10.4. The molecule has 1 aromatic carbocycles. The molecule has 2 N–H and O–H groups in total. The number of hydrogen-bond donors (Lipinski definition) is 2. The van der Waals surface area contributed by atoms with Crippen molar-refractivity contribution in [3.8, 4) is 0 Å². The summed E-state index contributed by atoms with van der Waals surface area (Å²) in [4.78, 5) is 8.61. The van der Waals surface area contributed by atoms with Crippen LogP contribution < -0.4 is 10.6 Å². The van der Waals surface area contributed by atoms with Gasteiger partial charge in [0.1, 0.15) is 18.0 Å². The van der Waals surface area contributed by atoms with Gasteiger partial charge < -0.3 is 10.6 Å². The largest absolute Gasteiger partial charge is 0.367 e. The second kappa shape index (κ2) is 6.77. The van der Waals surface area contributed by atoms with E-state index in [0.717, 1.165) is 23.7 Å². The van der Waals surface area contributed by atoms with E-state index in [0.29, 0.717) is 6.04 Å². The first kappa shape index (κ1) is 16.3. The average Bonchev–Trinajstić information content (AvgIpc) is 2.47. The van der Waals surface area contributed by atoms with E-state index in [1.54, 1.807) is 6.33 Å². The summed E-state index contributed by atoms with van der Waals surface area (Å²) in [5.41, 5.74) is 2.43. The van der Waals surface area contributed by atoms with Crippen LogP contribution in [-0.2, 0) is 5.41 Å². The second-order valence-electron chi connectivity index (χ2n) is 6.66. The number of aromatic nitrogens is 2. The Morgan fingerprint density at radius 3 is 2.45 bits per heavy atom. The lowest BCUT2D eigenvalue weighted by Gasteiger charge is -2.23. The smallest absolute Gasteiger partial charge is 0.135 e. The number of hydrogen-bond acceptors (Lipinski definition) is 4. The van der Waals surface area contributed by atoms with Gasteiger partial charge in [-0.15, -0.1) is 0 Å². The van der Waals surface area contributed by atoms with E-state index < -0.39 is 0 Å². The summed E-state index contributed by atoms with van der Waals surface area (Å²) in [5, 5.41) is 6.79. The molecule has 0 radical (unpaired) electrons. The zero-order chi connectivity index (χ0) is 16.2. The normalized spacial score (nSPS) is 12.8. The minimum atomic E-state index is 0.0778. The summed E-state index contributed by atoms with van der Waals surface area (Å²) in [5.74, 6) is 1.65.